The van der Waals surface area contributed by atoms with Gasteiger partial charge < -0.3 is 8.94 Å². The maximum Gasteiger partial charge on any atom is 0.240 e. The van der Waals surface area contributed by atoms with Crippen molar-refractivity contribution in [1.29, 1.82) is 0 Å². The molecule has 2 heterocycles. The molecule has 0 bridgehead atoms. The van der Waals surface area contributed by atoms with Gasteiger partial charge in [0.2, 0.25) is 5.89 Å². The summed E-state index contributed by atoms with van der Waals surface area (Å²) in [4.78, 5) is 6.63. The van der Waals surface area contributed by atoms with E-state index in [-0.39, 0.29) is 11.5 Å². The molecular weight excluding hydrogens is 290 g/mol. The van der Waals surface area contributed by atoms with E-state index in [9.17, 15) is 0 Å². The first-order chi connectivity index (χ1) is 10.8. The molecule has 5 nitrogen and oxygen atoms in total. The average molecular weight is 313 g/mol. The van der Waals surface area contributed by atoms with Crippen molar-refractivity contribution in [2.75, 3.05) is 7.05 Å². The zero-order valence-electron chi connectivity index (χ0n) is 14.3. The van der Waals surface area contributed by atoms with Crippen molar-refractivity contribution in [2.45, 2.75) is 45.7 Å². The molecule has 3 rings (SSSR count). The van der Waals surface area contributed by atoms with E-state index in [1.54, 1.807) is 0 Å². The molecule has 0 saturated heterocycles. The van der Waals surface area contributed by atoms with Crippen molar-refractivity contribution in [2.24, 2.45) is 0 Å². The third kappa shape index (κ3) is 3.29. The van der Waals surface area contributed by atoms with Crippen molar-refractivity contribution in [3.8, 4) is 0 Å². The summed E-state index contributed by atoms with van der Waals surface area (Å²) >= 11 is 0. The molecular formula is C18H23N3O2. The van der Waals surface area contributed by atoms with Gasteiger partial charge in [-0.2, -0.15) is 4.98 Å². The highest BCUT2D eigenvalue weighted by Gasteiger charge is 2.23. The van der Waals surface area contributed by atoms with Crippen molar-refractivity contribution in [3.63, 3.8) is 0 Å². The Morgan fingerprint density at radius 2 is 1.96 bits per heavy atom. The summed E-state index contributed by atoms with van der Waals surface area (Å²) in [5, 5.41) is 5.19. The zero-order chi connectivity index (χ0) is 16.6. The Morgan fingerprint density at radius 1 is 1.22 bits per heavy atom. The van der Waals surface area contributed by atoms with E-state index in [2.05, 4.69) is 54.9 Å². The van der Waals surface area contributed by atoms with E-state index in [1.165, 1.54) is 0 Å². The highest BCUT2D eigenvalue weighted by atomic mass is 16.5. The van der Waals surface area contributed by atoms with Crippen LogP contribution in [0.5, 0.6) is 0 Å². The Morgan fingerprint density at radius 3 is 2.61 bits per heavy atom. The molecule has 1 atom stereocenters. The van der Waals surface area contributed by atoms with E-state index < -0.39 is 0 Å². The van der Waals surface area contributed by atoms with Gasteiger partial charge in [0.15, 0.2) is 5.82 Å². The normalized spacial score (nSPS) is 13.8. The summed E-state index contributed by atoms with van der Waals surface area (Å²) in [6, 6.07) is 10.2. The molecule has 0 saturated carbocycles. The lowest BCUT2D eigenvalue weighted by Crippen LogP contribution is -2.22. The van der Waals surface area contributed by atoms with Crippen LogP contribution < -0.4 is 0 Å². The van der Waals surface area contributed by atoms with E-state index in [0.717, 1.165) is 22.6 Å². The summed E-state index contributed by atoms with van der Waals surface area (Å²) in [6.07, 6.45) is 0. The summed E-state index contributed by atoms with van der Waals surface area (Å²) in [7, 11) is 2.03. The smallest absolute Gasteiger partial charge is 0.240 e. The van der Waals surface area contributed by atoms with Gasteiger partial charge in [-0.05, 0) is 26.1 Å². The Bertz CT molecular complexity index is 765. The fourth-order valence-electron chi connectivity index (χ4n) is 2.40. The van der Waals surface area contributed by atoms with Crippen molar-refractivity contribution in [1.82, 2.24) is 15.0 Å². The second-order valence-electron chi connectivity index (χ2n) is 7.04. The van der Waals surface area contributed by atoms with Crippen LogP contribution in [0.15, 0.2) is 39.3 Å². The van der Waals surface area contributed by atoms with Gasteiger partial charge in [0.25, 0.3) is 0 Å². The van der Waals surface area contributed by atoms with Crippen LogP contribution in [0.3, 0.4) is 0 Å². The van der Waals surface area contributed by atoms with Crippen LogP contribution in [0, 0.1) is 0 Å². The minimum Gasteiger partial charge on any atom is -0.459 e. The van der Waals surface area contributed by atoms with Gasteiger partial charge in [0.1, 0.15) is 11.3 Å². The lowest BCUT2D eigenvalue weighted by Gasteiger charge is -2.20. The highest BCUT2D eigenvalue weighted by molar-refractivity contribution is 5.77. The highest BCUT2D eigenvalue weighted by Crippen LogP contribution is 2.27. The van der Waals surface area contributed by atoms with E-state index in [4.69, 9.17) is 8.94 Å². The molecule has 0 aliphatic heterocycles. The number of furan rings is 1. The maximum atomic E-state index is 5.94. The number of rotatable bonds is 4. The molecule has 1 aromatic carbocycles. The minimum atomic E-state index is -0.106. The molecule has 122 valence electrons. The molecule has 0 aliphatic rings. The van der Waals surface area contributed by atoms with Crippen molar-refractivity contribution < 1.29 is 8.94 Å². The van der Waals surface area contributed by atoms with Gasteiger partial charge >= 0.3 is 0 Å². The van der Waals surface area contributed by atoms with Crippen LogP contribution in [0.2, 0.25) is 0 Å². The summed E-state index contributed by atoms with van der Waals surface area (Å²) in [6.45, 7) is 8.91. The Hall–Kier alpha value is -2.14. The minimum absolute atomic E-state index is 0.106. The topological polar surface area (TPSA) is 55.3 Å². The Balaban J connectivity index is 1.74. The monoisotopic (exact) mass is 313 g/mol. The van der Waals surface area contributed by atoms with Crippen molar-refractivity contribution in [3.05, 3.63) is 47.8 Å². The Kier molecular flexibility index (Phi) is 3.98. The fraction of sp³-hybridized carbons (Fsp3) is 0.444. The number of aromatic nitrogens is 2. The van der Waals surface area contributed by atoms with Crippen LogP contribution in [-0.2, 0) is 12.0 Å². The number of fused-ring (bicyclic) bond motifs is 1. The lowest BCUT2D eigenvalue weighted by atomic mass is 9.96. The number of hydrogen-bond acceptors (Lipinski definition) is 5. The zero-order valence-corrected chi connectivity index (χ0v) is 14.3. The first-order valence-electron chi connectivity index (χ1n) is 7.86. The number of benzene rings is 1. The second kappa shape index (κ2) is 5.81. The van der Waals surface area contributed by atoms with Gasteiger partial charge in [0, 0.05) is 10.8 Å². The van der Waals surface area contributed by atoms with E-state index in [0.29, 0.717) is 12.4 Å². The third-order valence-electron chi connectivity index (χ3n) is 4.04. The third-order valence-corrected chi connectivity index (χ3v) is 4.04. The number of nitrogens with zero attached hydrogens (tertiary/aromatic N) is 3. The van der Waals surface area contributed by atoms with E-state index >= 15 is 0 Å². The predicted molar refractivity (Wildman–Crippen MR) is 89.1 cm³/mol. The molecule has 0 N–H and O–H groups in total. The van der Waals surface area contributed by atoms with Gasteiger partial charge in [0.05, 0.1) is 12.6 Å². The first kappa shape index (κ1) is 15.7. The standard InChI is InChI=1S/C18H23N3O2/c1-12(15-10-13-8-6-7-9-14(13)22-15)21(5)11-16-19-17(20-23-16)18(2,3)4/h6-10,12H,11H2,1-5H3. The summed E-state index contributed by atoms with van der Waals surface area (Å²) < 4.78 is 11.3. The SMILES string of the molecule is CC(c1cc2ccccc2o1)N(C)Cc1nc(C(C)(C)C)no1. The summed E-state index contributed by atoms with van der Waals surface area (Å²) in [5.41, 5.74) is 0.806. The lowest BCUT2D eigenvalue weighted by molar-refractivity contribution is 0.197. The van der Waals surface area contributed by atoms with Crippen molar-refractivity contribution >= 4 is 11.0 Å². The molecule has 2 aromatic heterocycles. The van der Waals surface area contributed by atoms with Crippen LogP contribution in [0.4, 0.5) is 0 Å². The summed E-state index contributed by atoms with van der Waals surface area (Å²) in [5.74, 6) is 2.29. The van der Waals surface area contributed by atoms with Crippen LogP contribution >= 0.6 is 0 Å². The number of para-hydroxylation sites is 1. The molecule has 3 aromatic rings. The van der Waals surface area contributed by atoms with Crippen LogP contribution in [0.1, 0.15) is 51.2 Å². The van der Waals surface area contributed by atoms with E-state index in [1.807, 2.05) is 25.2 Å². The first-order valence-corrected chi connectivity index (χ1v) is 7.86. The molecule has 0 aliphatic carbocycles. The molecule has 1 unspecified atom stereocenters. The molecule has 0 amide bonds. The largest absolute Gasteiger partial charge is 0.459 e. The van der Waals surface area contributed by atoms with Gasteiger partial charge in [-0.25, -0.2) is 0 Å². The second-order valence-corrected chi connectivity index (χ2v) is 7.04. The molecule has 0 fully saturated rings. The Labute approximate surface area is 136 Å². The fourth-order valence-corrected chi connectivity index (χ4v) is 2.40. The van der Waals surface area contributed by atoms with Gasteiger partial charge in [-0.15, -0.1) is 0 Å². The number of hydrogen-bond donors (Lipinski definition) is 0. The maximum absolute atomic E-state index is 5.94. The average Bonchev–Trinajstić information content (AvgIpc) is 3.11. The van der Waals surface area contributed by atoms with Crippen LogP contribution in [-0.4, -0.2) is 22.1 Å². The quantitative estimate of drug-likeness (QED) is 0.718. The predicted octanol–water partition coefficient (Wildman–Crippen LogP) is 4.31. The van der Waals surface area contributed by atoms with Gasteiger partial charge in [-0.1, -0.05) is 44.1 Å². The molecule has 5 heteroatoms. The molecule has 23 heavy (non-hydrogen) atoms. The molecule has 0 radical (unpaired) electrons. The molecule has 0 spiro atoms. The van der Waals surface area contributed by atoms with Crippen LogP contribution in [0.25, 0.3) is 11.0 Å². The van der Waals surface area contributed by atoms with Gasteiger partial charge in [-0.3, -0.25) is 4.90 Å².